The molecule has 2 amide bonds. The summed E-state index contributed by atoms with van der Waals surface area (Å²) >= 11 is 1.21. The fourth-order valence-corrected chi connectivity index (χ4v) is 6.60. The van der Waals surface area contributed by atoms with Gasteiger partial charge in [-0.2, -0.15) is 13.2 Å². The van der Waals surface area contributed by atoms with Crippen LogP contribution in [0.5, 0.6) is 0 Å². The van der Waals surface area contributed by atoms with Gasteiger partial charge in [0.05, 0.1) is 21.0 Å². The number of anilines is 3. The number of benzene rings is 1. The minimum Gasteiger partial charge on any atom is -0.322 e. The van der Waals surface area contributed by atoms with E-state index in [0.717, 1.165) is 19.6 Å². The second kappa shape index (κ2) is 9.59. The van der Waals surface area contributed by atoms with E-state index in [1.165, 1.54) is 17.4 Å². The highest BCUT2D eigenvalue weighted by atomic mass is 32.2. The fraction of sp³-hybridized carbons (Fsp3) is 0.360. The Morgan fingerprint density at radius 1 is 1.15 bits per heavy atom. The zero-order valence-electron chi connectivity index (χ0n) is 21.2. The number of thiazole rings is 1. The number of aryl methyl sites for hydroxylation is 1. The molecule has 0 aliphatic carbocycles. The third-order valence-corrected chi connectivity index (χ3v) is 8.96. The van der Waals surface area contributed by atoms with E-state index in [2.05, 4.69) is 15.3 Å². The highest BCUT2D eigenvalue weighted by Gasteiger charge is 2.46. The Bertz CT molecular complexity index is 1600. The van der Waals surface area contributed by atoms with Gasteiger partial charge in [-0.25, -0.2) is 18.4 Å². The molecule has 1 unspecified atom stereocenters. The third-order valence-electron chi connectivity index (χ3n) is 6.72. The number of sulfone groups is 1. The Labute approximate surface area is 226 Å². The van der Waals surface area contributed by atoms with Crippen LogP contribution in [0.25, 0.3) is 10.4 Å². The van der Waals surface area contributed by atoms with Gasteiger partial charge in [0.15, 0.2) is 15.0 Å². The number of carbonyl (C=O) groups excluding carboxylic acids is 2. The minimum absolute atomic E-state index is 0.00648. The van der Waals surface area contributed by atoms with Crippen LogP contribution in [0.4, 0.5) is 29.9 Å². The Morgan fingerprint density at radius 3 is 2.54 bits per heavy atom. The number of carbonyl (C=O) groups is 2. The van der Waals surface area contributed by atoms with Gasteiger partial charge in [-0.3, -0.25) is 14.5 Å². The topological polar surface area (TPSA) is 113 Å². The van der Waals surface area contributed by atoms with Crippen LogP contribution in [-0.4, -0.2) is 60.1 Å². The van der Waals surface area contributed by atoms with Crippen molar-refractivity contribution >= 4 is 49.8 Å². The molecule has 3 aromatic rings. The summed E-state index contributed by atoms with van der Waals surface area (Å²) in [7, 11) is -3.95. The van der Waals surface area contributed by atoms with E-state index in [-0.39, 0.29) is 28.5 Å². The highest BCUT2D eigenvalue weighted by Crippen LogP contribution is 2.41. The molecule has 1 fully saturated rings. The number of pyridine rings is 1. The second-order valence-corrected chi connectivity index (χ2v) is 12.5. The summed E-state index contributed by atoms with van der Waals surface area (Å²) in [5.41, 5.74) is 0.963. The van der Waals surface area contributed by atoms with Crippen molar-refractivity contribution in [2.45, 2.75) is 50.3 Å². The number of alkyl halides is 3. The van der Waals surface area contributed by atoms with E-state index in [4.69, 9.17) is 0 Å². The van der Waals surface area contributed by atoms with E-state index >= 15 is 0 Å². The summed E-state index contributed by atoms with van der Waals surface area (Å²) < 4.78 is 65.5. The molecule has 2 aliphatic heterocycles. The summed E-state index contributed by atoms with van der Waals surface area (Å²) in [5, 5.41) is 3.56. The molecule has 0 radical (unpaired) electrons. The number of aromatic nitrogens is 2. The van der Waals surface area contributed by atoms with Gasteiger partial charge < -0.3 is 10.2 Å². The number of rotatable bonds is 6. The molecule has 1 atom stereocenters. The molecular weight excluding hydrogens is 555 g/mol. The van der Waals surface area contributed by atoms with Gasteiger partial charge in [0.25, 0.3) is 5.91 Å². The number of hydrogen-bond acceptors (Lipinski definition) is 8. The minimum atomic E-state index is -4.66. The molecule has 5 rings (SSSR count). The first-order valence-electron chi connectivity index (χ1n) is 12.0. The average molecular weight is 580 g/mol. The molecule has 14 heteroatoms. The first kappa shape index (κ1) is 27.1. The number of nitrogens with zero attached hydrogens (tertiary/aromatic N) is 4. The zero-order chi connectivity index (χ0) is 28.3. The standard InChI is InChI=1S/C25H24F3N5O4S2/c1-13-22(38-24(29-13)31-18-6-4-7-19(30-18)32-9-5-8-20(32)34)15-10-16-12-33(14(2)25(26,27)28)23(35)21(16)17(11-15)39(3,36)37/h4,6-7,10-11,14H,5,8-9,12H2,1-3H3,(H,29,30,31). The number of fused-ring (bicyclic) bond motifs is 1. The Kier molecular flexibility index (Phi) is 6.66. The molecule has 1 saturated heterocycles. The Balaban J connectivity index is 1.49. The van der Waals surface area contributed by atoms with Crippen molar-refractivity contribution in [1.82, 2.24) is 14.9 Å². The monoisotopic (exact) mass is 579 g/mol. The lowest BCUT2D eigenvalue weighted by Crippen LogP contribution is -2.43. The zero-order valence-corrected chi connectivity index (χ0v) is 22.8. The molecule has 39 heavy (non-hydrogen) atoms. The normalized spacial score (nSPS) is 16.7. The number of amides is 2. The van der Waals surface area contributed by atoms with Crippen LogP contribution in [-0.2, 0) is 21.2 Å². The van der Waals surface area contributed by atoms with Crippen LogP contribution >= 0.6 is 11.3 Å². The van der Waals surface area contributed by atoms with Gasteiger partial charge in [-0.1, -0.05) is 17.4 Å². The van der Waals surface area contributed by atoms with Crippen LogP contribution in [0.15, 0.2) is 35.2 Å². The highest BCUT2D eigenvalue weighted by molar-refractivity contribution is 7.90. The lowest BCUT2D eigenvalue weighted by atomic mass is 10.0. The maximum absolute atomic E-state index is 13.4. The van der Waals surface area contributed by atoms with Crippen LogP contribution in [0.3, 0.4) is 0 Å². The summed E-state index contributed by atoms with van der Waals surface area (Å²) in [6.45, 7) is 2.83. The molecule has 0 bridgehead atoms. The maximum atomic E-state index is 13.4. The fourth-order valence-electron chi connectivity index (χ4n) is 4.71. The lowest BCUT2D eigenvalue weighted by Gasteiger charge is -2.26. The smallest absolute Gasteiger partial charge is 0.322 e. The summed E-state index contributed by atoms with van der Waals surface area (Å²) in [6, 6.07) is 6.02. The predicted octanol–water partition coefficient (Wildman–Crippen LogP) is 4.69. The molecule has 1 aromatic carbocycles. The van der Waals surface area contributed by atoms with Crippen LogP contribution < -0.4 is 10.2 Å². The average Bonchev–Trinajstić information content (AvgIpc) is 3.53. The van der Waals surface area contributed by atoms with Gasteiger partial charge in [0, 0.05) is 25.8 Å². The van der Waals surface area contributed by atoms with E-state index in [1.807, 2.05) is 0 Å². The summed E-state index contributed by atoms with van der Waals surface area (Å²) in [4.78, 5) is 36.6. The molecule has 1 N–H and O–H groups in total. The van der Waals surface area contributed by atoms with Gasteiger partial charge in [0.2, 0.25) is 5.91 Å². The first-order chi connectivity index (χ1) is 18.2. The van der Waals surface area contributed by atoms with Crippen molar-refractivity contribution in [3.8, 4) is 10.4 Å². The van der Waals surface area contributed by atoms with Crippen LogP contribution in [0.1, 0.15) is 41.4 Å². The number of hydrogen-bond donors (Lipinski definition) is 1. The van der Waals surface area contributed by atoms with Crippen molar-refractivity contribution in [2.24, 2.45) is 0 Å². The van der Waals surface area contributed by atoms with E-state index in [9.17, 15) is 31.2 Å². The third kappa shape index (κ3) is 5.10. The molecule has 0 spiro atoms. The molecule has 4 heterocycles. The largest absolute Gasteiger partial charge is 0.408 e. The number of halogens is 3. The molecule has 2 aliphatic rings. The second-order valence-electron chi connectivity index (χ2n) is 9.52. The van der Waals surface area contributed by atoms with Gasteiger partial charge in [-0.15, -0.1) is 0 Å². The maximum Gasteiger partial charge on any atom is 0.408 e. The van der Waals surface area contributed by atoms with Crippen molar-refractivity contribution in [3.05, 3.63) is 47.2 Å². The van der Waals surface area contributed by atoms with Crippen molar-refractivity contribution in [2.75, 3.05) is 23.0 Å². The SMILES string of the molecule is Cc1nc(Nc2cccc(N3CCCC3=O)n2)sc1-c1cc2c(c(S(C)(=O)=O)c1)C(=O)N(C(C)C(F)(F)F)C2. The molecule has 9 nitrogen and oxygen atoms in total. The molecular formula is C25H24F3N5O4S2. The van der Waals surface area contributed by atoms with Crippen molar-refractivity contribution < 1.29 is 31.2 Å². The Hall–Kier alpha value is -3.52. The Morgan fingerprint density at radius 2 is 1.90 bits per heavy atom. The van der Waals surface area contributed by atoms with E-state index < -0.39 is 28.0 Å². The van der Waals surface area contributed by atoms with E-state index in [1.54, 1.807) is 36.1 Å². The van der Waals surface area contributed by atoms with Crippen molar-refractivity contribution in [3.63, 3.8) is 0 Å². The quantitative estimate of drug-likeness (QED) is 0.451. The van der Waals surface area contributed by atoms with Crippen LogP contribution in [0.2, 0.25) is 0 Å². The lowest BCUT2D eigenvalue weighted by molar-refractivity contribution is -0.172. The first-order valence-corrected chi connectivity index (χ1v) is 14.7. The van der Waals surface area contributed by atoms with Crippen molar-refractivity contribution in [1.29, 1.82) is 0 Å². The molecule has 2 aromatic heterocycles. The van der Waals surface area contributed by atoms with E-state index in [0.29, 0.717) is 50.8 Å². The van der Waals surface area contributed by atoms with Gasteiger partial charge >= 0.3 is 6.18 Å². The summed E-state index contributed by atoms with van der Waals surface area (Å²) in [5.74, 6) is 0.0231. The van der Waals surface area contributed by atoms with Gasteiger partial charge in [0.1, 0.15) is 17.7 Å². The molecule has 206 valence electrons. The van der Waals surface area contributed by atoms with Crippen LogP contribution in [0, 0.1) is 6.92 Å². The summed E-state index contributed by atoms with van der Waals surface area (Å²) in [6.07, 6.45) is -2.50. The number of nitrogens with one attached hydrogen (secondary N) is 1. The molecule has 0 saturated carbocycles. The van der Waals surface area contributed by atoms with Gasteiger partial charge in [-0.05, 0) is 55.7 Å². The predicted molar refractivity (Wildman–Crippen MR) is 140 cm³/mol.